The van der Waals surface area contributed by atoms with Crippen molar-refractivity contribution in [2.75, 3.05) is 12.1 Å². The van der Waals surface area contributed by atoms with Crippen LogP contribution in [0.4, 0.5) is 5.82 Å². The van der Waals surface area contributed by atoms with Crippen LogP contribution in [-0.4, -0.2) is 22.8 Å². The van der Waals surface area contributed by atoms with Gasteiger partial charge in [-0.3, -0.25) is 4.79 Å². The number of aromatic nitrogens is 1. The molecule has 5 rings (SSSR count). The lowest BCUT2D eigenvalue weighted by Crippen LogP contribution is -2.28. The molecular weight excluding hydrogens is 380 g/mol. The zero-order valence-electron chi connectivity index (χ0n) is 16.6. The summed E-state index contributed by atoms with van der Waals surface area (Å²) in [6, 6.07) is 17.2. The fourth-order valence-electron chi connectivity index (χ4n) is 3.97. The number of hydrogen-bond donors (Lipinski definition) is 2. The van der Waals surface area contributed by atoms with Crippen molar-refractivity contribution in [1.82, 2.24) is 4.98 Å². The Morgan fingerprint density at radius 3 is 2.70 bits per heavy atom. The molecule has 0 atom stereocenters. The van der Waals surface area contributed by atoms with Gasteiger partial charge in [0.05, 0.1) is 12.0 Å². The van der Waals surface area contributed by atoms with Gasteiger partial charge in [0.2, 0.25) is 12.7 Å². The van der Waals surface area contributed by atoms with Gasteiger partial charge < -0.3 is 19.9 Å². The van der Waals surface area contributed by atoms with Gasteiger partial charge in [0.15, 0.2) is 11.5 Å². The average molecular weight is 402 g/mol. The van der Waals surface area contributed by atoms with Crippen LogP contribution in [0, 0.1) is 6.92 Å². The molecule has 1 saturated carbocycles. The fourth-order valence-corrected chi connectivity index (χ4v) is 3.97. The lowest BCUT2D eigenvalue weighted by Gasteiger charge is -2.17. The molecule has 2 aromatic carbocycles. The lowest BCUT2D eigenvalue weighted by atomic mass is 9.94. The Hall–Kier alpha value is -3.38. The predicted molar refractivity (Wildman–Crippen MR) is 112 cm³/mol. The summed E-state index contributed by atoms with van der Waals surface area (Å²) in [5, 5.41) is 12.4. The minimum Gasteiger partial charge on any atom is -0.454 e. The summed E-state index contributed by atoms with van der Waals surface area (Å²) in [6.45, 7) is 2.13. The van der Waals surface area contributed by atoms with Crippen molar-refractivity contribution in [3.05, 3.63) is 71.4 Å². The number of pyridine rings is 1. The van der Waals surface area contributed by atoms with Crippen molar-refractivity contribution in [3.63, 3.8) is 0 Å². The van der Waals surface area contributed by atoms with E-state index >= 15 is 0 Å². The third kappa shape index (κ3) is 3.19. The van der Waals surface area contributed by atoms with Crippen LogP contribution in [0.1, 0.15) is 29.7 Å². The highest BCUT2D eigenvalue weighted by atomic mass is 16.7. The van der Waals surface area contributed by atoms with E-state index in [1.165, 1.54) is 0 Å². The van der Waals surface area contributed by atoms with Crippen molar-refractivity contribution in [2.45, 2.75) is 31.8 Å². The molecule has 1 aliphatic carbocycles. The van der Waals surface area contributed by atoms with Crippen LogP contribution >= 0.6 is 0 Å². The average Bonchev–Trinajstić information content (AvgIpc) is 3.45. The molecule has 2 aliphatic rings. The Morgan fingerprint density at radius 2 is 1.93 bits per heavy atom. The molecule has 1 aromatic heterocycles. The van der Waals surface area contributed by atoms with Gasteiger partial charge >= 0.3 is 0 Å². The second-order valence-corrected chi connectivity index (χ2v) is 7.79. The quantitative estimate of drug-likeness (QED) is 0.676. The number of anilines is 1. The van der Waals surface area contributed by atoms with E-state index in [1.54, 1.807) is 0 Å². The maximum absolute atomic E-state index is 13.1. The van der Waals surface area contributed by atoms with Crippen LogP contribution < -0.4 is 14.8 Å². The Kier molecular flexibility index (Phi) is 4.44. The number of nitrogens with one attached hydrogen (secondary N) is 1. The summed E-state index contributed by atoms with van der Waals surface area (Å²) >= 11 is 0. The molecule has 2 N–H and O–H groups in total. The van der Waals surface area contributed by atoms with Crippen molar-refractivity contribution < 1.29 is 19.4 Å². The molecule has 0 spiro atoms. The number of hydrogen-bond acceptors (Lipinski definition) is 5. The Bertz CT molecular complexity index is 1140. The van der Waals surface area contributed by atoms with Crippen LogP contribution in [0.2, 0.25) is 0 Å². The van der Waals surface area contributed by atoms with Gasteiger partial charge in [-0.05, 0) is 66.8 Å². The van der Waals surface area contributed by atoms with E-state index in [9.17, 15) is 9.90 Å². The van der Waals surface area contributed by atoms with E-state index in [1.807, 2.05) is 61.5 Å². The van der Waals surface area contributed by atoms with Gasteiger partial charge in [0, 0.05) is 11.3 Å². The maximum atomic E-state index is 13.1. The molecule has 6 nitrogen and oxygen atoms in total. The number of carbonyl (C=O) groups is 1. The first-order chi connectivity index (χ1) is 14.6. The van der Waals surface area contributed by atoms with E-state index in [0.717, 1.165) is 40.8 Å². The highest BCUT2D eigenvalue weighted by Gasteiger charge is 2.51. The molecule has 0 radical (unpaired) electrons. The van der Waals surface area contributed by atoms with Gasteiger partial charge in [-0.25, -0.2) is 4.98 Å². The summed E-state index contributed by atoms with van der Waals surface area (Å²) in [5.74, 6) is 1.89. The highest BCUT2D eigenvalue weighted by Crippen LogP contribution is 2.51. The summed E-state index contributed by atoms with van der Waals surface area (Å²) in [4.78, 5) is 17.7. The van der Waals surface area contributed by atoms with Crippen molar-refractivity contribution in [3.8, 4) is 22.6 Å². The third-order valence-corrected chi connectivity index (χ3v) is 5.86. The van der Waals surface area contributed by atoms with Crippen molar-refractivity contribution in [2.24, 2.45) is 0 Å². The standard InChI is InChI=1S/C24H22N2O4/c1-15-19(17-4-2-3-16(11-17)13-27)6-8-22(25-15)26-23(28)24(9-10-24)18-5-7-20-21(12-18)30-14-29-20/h2-8,11-12,27H,9-10,13-14H2,1H3,(H,25,26,28). The smallest absolute Gasteiger partial charge is 0.236 e. The molecule has 0 bridgehead atoms. The van der Waals surface area contributed by atoms with Gasteiger partial charge in [0.1, 0.15) is 5.82 Å². The molecule has 0 unspecified atom stereocenters. The lowest BCUT2D eigenvalue weighted by molar-refractivity contribution is -0.118. The molecule has 30 heavy (non-hydrogen) atoms. The number of amides is 1. The second kappa shape index (κ2) is 7.15. The maximum Gasteiger partial charge on any atom is 0.236 e. The zero-order valence-corrected chi connectivity index (χ0v) is 16.6. The summed E-state index contributed by atoms with van der Waals surface area (Å²) in [6.07, 6.45) is 1.59. The van der Waals surface area contributed by atoms with Gasteiger partial charge in [-0.2, -0.15) is 0 Å². The first-order valence-electron chi connectivity index (χ1n) is 9.98. The summed E-state index contributed by atoms with van der Waals surface area (Å²) < 4.78 is 10.8. The topological polar surface area (TPSA) is 80.7 Å². The largest absolute Gasteiger partial charge is 0.454 e. The summed E-state index contributed by atoms with van der Waals surface area (Å²) in [7, 11) is 0. The van der Waals surface area contributed by atoms with Crippen LogP contribution in [0.15, 0.2) is 54.6 Å². The van der Waals surface area contributed by atoms with Crippen LogP contribution in [-0.2, 0) is 16.8 Å². The predicted octanol–water partition coefficient (Wildman–Crippen LogP) is 3.95. The number of aliphatic hydroxyl groups excluding tert-OH is 1. The third-order valence-electron chi connectivity index (χ3n) is 5.86. The monoisotopic (exact) mass is 402 g/mol. The molecule has 1 amide bonds. The van der Waals surface area contributed by atoms with Gasteiger partial charge in [-0.15, -0.1) is 0 Å². The van der Waals surface area contributed by atoms with E-state index in [0.29, 0.717) is 17.3 Å². The van der Waals surface area contributed by atoms with E-state index in [4.69, 9.17) is 9.47 Å². The van der Waals surface area contributed by atoms with Crippen molar-refractivity contribution in [1.29, 1.82) is 0 Å². The number of rotatable bonds is 5. The number of aliphatic hydroxyl groups is 1. The molecule has 0 saturated heterocycles. The highest BCUT2D eigenvalue weighted by molar-refractivity contribution is 6.01. The first-order valence-corrected chi connectivity index (χ1v) is 9.98. The number of carbonyl (C=O) groups excluding carboxylic acids is 1. The van der Waals surface area contributed by atoms with Crippen LogP contribution in [0.25, 0.3) is 11.1 Å². The minimum absolute atomic E-state index is 0.00357. The van der Waals surface area contributed by atoms with Crippen LogP contribution in [0.3, 0.4) is 0 Å². The van der Waals surface area contributed by atoms with E-state index in [-0.39, 0.29) is 19.3 Å². The normalized spacial score (nSPS) is 15.7. The SMILES string of the molecule is Cc1nc(NC(=O)C2(c3ccc4c(c3)OCO4)CC2)ccc1-c1cccc(CO)c1. The number of benzene rings is 2. The second-order valence-electron chi connectivity index (χ2n) is 7.79. The Morgan fingerprint density at radius 1 is 1.10 bits per heavy atom. The molecule has 2 heterocycles. The Labute approximate surface area is 174 Å². The van der Waals surface area contributed by atoms with Gasteiger partial charge in [-0.1, -0.05) is 24.3 Å². The molecule has 1 aliphatic heterocycles. The molecule has 3 aromatic rings. The molecular formula is C24H22N2O4. The van der Waals surface area contributed by atoms with Gasteiger partial charge in [0.25, 0.3) is 0 Å². The first kappa shape index (κ1) is 18.6. The Balaban J connectivity index is 1.37. The van der Waals surface area contributed by atoms with E-state index in [2.05, 4.69) is 10.3 Å². The van der Waals surface area contributed by atoms with E-state index < -0.39 is 5.41 Å². The number of ether oxygens (including phenoxy) is 2. The zero-order chi connectivity index (χ0) is 20.7. The van der Waals surface area contributed by atoms with Crippen molar-refractivity contribution >= 4 is 11.7 Å². The number of nitrogens with zero attached hydrogens (tertiary/aromatic N) is 1. The van der Waals surface area contributed by atoms with Crippen LogP contribution in [0.5, 0.6) is 11.5 Å². The molecule has 152 valence electrons. The minimum atomic E-state index is -0.537. The molecule has 1 fully saturated rings. The summed E-state index contributed by atoms with van der Waals surface area (Å²) in [5.41, 5.74) is 4.03. The fraction of sp³-hybridized carbons (Fsp3) is 0.250. The molecule has 6 heteroatoms. The number of fused-ring (bicyclic) bond motifs is 1. The number of aryl methyl sites for hydroxylation is 1.